The molecule has 0 aromatic heterocycles. The molecule has 3 aromatic carbocycles. The lowest BCUT2D eigenvalue weighted by Crippen LogP contribution is -2.56. The highest BCUT2D eigenvalue weighted by Gasteiger charge is 2.41. The number of sulfone groups is 1. The average Bonchev–Trinajstić information content (AvgIpc) is 3.47. The summed E-state index contributed by atoms with van der Waals surface area (Å²) in [6.45, 7) is 2.31. The van der Waals surface area contributed by atoms with E-state index in [9.17, 15) is 27.8 Å². The van der Waals surface area contributed by atoms with Crippen molar-refractivity contribution in [2.24, 2.45) is 5.84 Å². The number of rotatable bonds is 15. The summed E-state index contributed by atoms with van der Waals surface area (Å²) in [5, 5.41) is 20.3. The monoisotopic (exact) mass is 616 g/mol. The highest BCUT2D eigenvalue weighted by Crippen LogP contribution is 2.36. The van der Waals surface area contributed by atoms with Gasteiger partial charge in [-0.2, -0.15) is 0 Å². The van der Waals surface area contributed by atoms with Gasteiger partial charge < -0.3 is 24.4 Å². The van der Waals surface area contributed by atoms with Crippen molar-refractivity contribution in [2.45, 2.75) is 67.7 Å². The van der Waals surface area contributed by atoms with Crippen LogP contribution in [0.5, 0.6) is 17.2 Å². The van der Waals surface area contributed by atoms with Gasteiger partial charge in [0.25, 0.3) is 0 Å². The van der Waals surface area contributed by atoms with Gasteiger partial charge in [0.1, 0.15) is 11.6 Å². The summed E-state index contributed by atoms with van der Waals surface area (Å²) in [7, 11) is -4.13. The number of hydrogen-bond acceptors (Lipinski definition) is 8. The SMILES string of the molecule is CCCCC([C@H](O)[C@H](Cc1ccc(OCCCc2ccc(F)cc2)cc1)N(N)C(=O)O)S(=O)(=O)c1ccc2c(c1)OCO2. The van der Waals surface area contributed by atoms with Crippen molar-refractivity contribution in [1.29, 1.82) is 0 Å². The lowest BCUT2D eigenvalue weighted by atomic mass is 9.96. The van der Waals surface area contributed by atoms with Crippen LogP contribution in [-0.2, 0) is 22.7 Å². The van der Waals surface area contributed by atoms with Crippen LogP contribution in [-0.4, -0.2) is 60.5 Å². The zero-order valence-corrected chi connectivity index (χ0v) is 24.7. The summed E-state index contributed by atoms with van der Waals surface area (Å²) in [4.78, 5) is 11.9. The summed E-state index contributed by atoms with van der Waals surface area (Å²) in [5.41, 5.74) is 1.64. The molecule has 1 aliphatic heterocycles. The van der Waals surface area contributed by atoms with Crippen molar-refractivity contribution in [3.05, 3.63) is 83.7 Å². The number of ether oxygens (including phenoxy) is 3. The molecule has 0 radical (unpaired) electrons. The smallest absolute Gasteiger partial charge is 0.421 e. The number of unbranched alkanes of at least 4 members (excludes halogenated alkanes) is 1. The Balaban J connectivity index is 1.47. The fraction of sp³-hybridized carbons (Fsp3) is 0.387. The van der Waals surface area contributed by atoms with Gasteiger partial charge in [-0.1, -0.05) is 44.0 Å². The molecule has 1 amide bonds. The van der Waals surface area contributed by atoms with Gasteiger partial charge in [-0.25, -0.2) is 28.5 Å². The highest BCUT2D eigenvalue weighted by atomic mass is 32.2. The Bertz CT molecular complexity index is 1470. The zero-order chi connectivity index (χ0) is 31.0. The summed E-state index contributed by atoms with van der Waals surface area (Å²) < 4.78 is 57.1. The van der Waals surface area contributed by atoms with Crippen LogP contribution in [0, 0.1) is 5.82 Å². The molecule has 0 bridgehead atoms. The first-order chi connectivity index (χ1) is 20.6. The molecule has 3 aromatic rings. The number of benzene rings is 3. The molecular weight excluding hydrogens is 579 g/mol. The predicted molar refractivity (Wildman–Crippen MR) is 157 cm³/mol. The van der Waals surface area contributed by atoms with E-state index in [1.54, 1.807) is 36.4 Å². The Morgan fingerprint density at radius 2 is 1.70 bits per heavy atom. The van der Waals surface area contributed by atoms with Crippen LogP contribution >= 0.6 is 0 Å². The summed E-state index contributed by atoms with van der Waals surface area (Å²) in [6.07, 6.45) is -0.459. The van der Waals surface area contributed by atoms with E-state index in [1.807, 2.05) is 6.92 Å². The van der Waals surface area contributed by atoms with Crippen LogP contribution < -0.4 is 20.1 Å². The molecule has 0 fully saturated rings. The average molecular weight is 617 g/mol. The summed E-state index contributed by atoms with van der Waals surface area (Å²) >= 11 is 0. The van der Waals surface area contributed by atoms with Crippen LogP contribution in [0.3, 0.4) is 0 Å². The number of carbonyl (C=O) groups is 1. The van der Waals surface area contributed by atoms with Gasteiger partial charge in [0.2, 0.25) is 6.79 Å². The van der Waals surface area contributed by atoms with Crippen LogP contribution in [0.4, 0.5) is 9.18 Å². The normalized spacial score (nSPS) is 14.6. The summed E-state index contributed by atoms with van der Waals surface area (Å²) in [5.74, 6) is 6.91. The molecule has 1 unspecified atom stereocenters. The molecular formula is C31H37FN2O8S. The number of carboxylic acid groups (broad SMARTS) is 1. The molecule has 10 nitrogen and oxygen atoms in total. The van der Waals surface area contributed by atoms with Crippen LogP contribution in [0.15, 0.2) is 71.6 Å². The Morgan fingerprint density at radius 3 is 2.37 bits per heavy atom. The molecule has 232 valence electrons. The number of hydrazine groups is 1. The van der Waals surface area contributed by atoms with E-state index in [-0.39, 0.29) is 36.1 Å². The third-order valence-electron chi connectivity index (χ3n) is 7.43. The number of fused-ring (bicyclic) bond motifs is 1. The van der Waals surface area contributed by atoms with Crippen molar-refractivity contribution >= 4 is 15.9 Å². The largest absolute Gasteiger partial charge is 0.494 e. The first kappa shape index (κ1) is 32.1. The highest BCUT2D eigenvalue weighted by molar-refractivity contribution is 7.92. The number of aliphatic hydroxyl groups is 1. The number of halogens is 1. The first-order valence-electron chi connectivity index (χ1n) is 14.1. The van der Waals surface area contributed by atoms with Crippen molar-refractivity contribution in [3.8, 4) is 17.2 Å². The van der Waals surface area contributed by atoms with Crippen LogP contribution in [0.25, 0.3) is 0 Å². The van der Waals surface area contributed by atoms with E-state index in [0.717, 1.165) is 18.4 Å². The Morgan fingerprint density at radius 1 is 1.02 bits per heavy atom. The molecule has 0 spiro atoms. The van der Waals surface area contributed by atoms with Gasteiger partial charge in [-0.15, -0.1) is 0 Å². The number of amides is 1. The molecule has 0 aliphatic carbocycles. The van der Waals surface area contributed by atoms with E-state index >= 15 is 0 Å². The molecule has 1 heterocycles. The minimum absolute atomic E-state index is 0.0244. The molecule has 4 rings (SSSR count). The maximum absolute atomic E-state index is 13.8. The van der Waals surface area contributed by atoms with Crippen molar-refractivity contribution in [3.63, 3.8) is 0 Å². The number of aryl methyl sites for hydroxylation is 1. The summed E-state index contributed by atoms with van der Waals surface area (Å²) in [6, 6.07) is 16.2. The van der Waals surface area contributed by atoms with Gasteiger partial charge in [0.05, 0.1) is 28.9 Å². The molecule has 3 atom stereocenters. The molecule has 0 saturated carbocycles. The van der Waals surface area contributed by atoms with Gasteiger partial charge in [-0.3, -0.25) is 0 Å². The maximum atomic E-state index is 13.8. The zero-order valence-electron chi connectivity index (χ0n) is 23.9. The maximum Gasteiger partial charge on any atom is 0.421 e. The van der Waals surface area contributed by atoms with Crippen LogP contribution in [0.1, 0.15) is 43.7 Å². The fourth-order valence-corrected chi connectivity index (χ4v) is 6.90. The minimum Gasteiger partial charge on any atom is -0.494 e. The van der Waals surface area contributed by atoms with E-state index in [1.165, 1.54) is 30.3 Å². The number of hydrogen-bond donors (Lipinski definition) is 3. The molecule has 43 heavy (non-hydrogen) atoms. The third-order valence-corrected chi connectivity index (χ3v) is 9.65. The Hall–Kier alpha value is -3.87. The lowest BCUT2D eigenvalue weighted by molar-refractivity contribution is 0.0436. The molecule has 1 aliphatic rings. The van der Waals surface area contributed by atoms with Gasteiger partial charge in [-0.05, 0) is 73.2 Å². The third kappa shape index (κ3) is 8.15. The van der Waals surface area contributed by atoms with E-state index in [0.29, 0.717) is 41.5 Å². The number of nitrogens with two attached hydrogens (primary N) is 1. The van der Waals surface area contributed by atoms with Gasteiger partial charge >= 0.3 is 6.09 Å². The van der Waals surface area contributed by atoms with Gasteiger partial charge in [0.15, 0.2) is 21.3 Å². The second-order valence-electron chi connectivity index (χ2n) is 10.4. The number of aliphatic hydroxyl groups excluding tert-OH is 1. The Labute approximate surface area is 250 Å². The lowest BCUT2D eigenvalue weighted by Gasteiger charge is -2.34. The minimum atomic E-state index is -4.13. The van der Waals surface area contributed by atoms with Crippen molar-refractivity contribution in [2.75, 3.05) is 13.4 Å². The quantitative estimate of drug-likeness (QED) is 0.0954. The molecule has 0 saturated heterocycles. The number of nitrogens with zero attached hydrogens (tertiary/aromatic N) is 1. The van der Waals surface area contributed by atoms with E-state index in [2.05, 4.69) is 0 Å². The van der Waals surface area contributed by atoms with E-state index in [4.69, 9.17) is 20.1 Å². The topological polar surface area (TPSA) is 149 Å². The van der Waals surface area contributed by atoms with Gasteiger partial charge in [0, 0.05) is 6.07 Å². The second-order valence-corrected chi connectivity index (χ2v) is 12.6. The van der Waals surface area contributed by atoms with E-state index < -0.39 is 33.3 Å². The predicted octanol–water partition coefficient (Wildman–Crippen LogP) is 4.72. The van der Waals surface area contributed by atoms with Crippen molar-refractivity contribution in [1.82, 2.24) is 5.01 Å². The standard InChI is InChI=1S/C31H37FN2O8S/c1-2-3-6-29(43(38,39)25-15-16-27-28(19-25)42-20-41-27)30(35)26(34(33)31(36)37)18-22-9-13-24(14-10-22)40-17-4-5-21-7-11-23(32)12-8-21/h7-16,19,26,29-30,35H,2-6,17-18,20,33H2,1H3,(H,36,37)/t26-,29?,30+/m0/s1. The Kier molecular flexibility index (Phi) is 10.8. The molecule has 12 heteroatoms. The molecule has 4 N–H and O–H groups in total. The fourth-order valence-electron chi connectivity index (χ4n) is 5.00. The second kappa shape index (κ2) is 14.5. The van der Waals surface area contributed by atoms with Crippen LogP contribution in [0.2, 0.25) is 0 Å². The van der Waals surface area contributed by atoms with Crippen molar-refractivity contribution < 1.29 is 42.0 Å². The first-order valence-corrected chi connectivity index (χ1v) is 15.7.